The fourth-order valence-corrected chi connectivity index (χ4v) is 1.59. The summed E-state index contributed by atoms with van der Waals surface area (Å²) < 4.78 is 4.83. The molecule has 0 bridgehead atoms. The molecule has 0 aliphatic rings. The first kappa shape index (κ1) is 21.6. The standard InChI is InChI=1S/C15H25N3O6/c1-4-11(18-12(19)6-5-10(16)14(21)22)13(20)17-7-8-24-15(23)9(2)3/h10-11H,2,4-8,16H2,1,3H3,(H,17,20)(H,18,19)(H,21,22)/t10-,11+/m0/s1. The molecule has 0 radical (unpaired) electrons. The van der Waals surface area contributed by atoms with Gasteiger partial charge in [0.05, 0.1) is 6.54 Å². The maximum absolute atomic E-state index is 11.9. The van der Waals surface area contributed by atoms with Gasteiger partial charge in [-0.1, -0.05) is 13.5 Å². The predicted molar refractivity (Wildman–Crippen MR) is 85.8 cm³/mol. The van der Waals surface area contributed by atoms with Gasteiger partial charge in [-0.15, -0.1) is 0 Å². The molecule has 9 nitrogen and oxygen atoms in total. The molecular formula is C15H25N3O6. The van der Waals surface area contributed by atoms with Crippen LogP contribution in [0.25, 0.3) is 0 Å². The van der Waals surface area contributed by atoms with E-state index in [9.17, 15) is 19.2 Å². The largest absolute Gasteiger partial charge is 0.480 e. The first-order valence-electron chi connectivity index (χ1n) is 7.57. The molecule has 0 aromatic carbocycles. The van der Waals surface area contributed by atoms with Gasteiger partial charge >= 0.3 is 11.9 Å². The Labute approximate surface area is 140 Å². The number of aliphatic carboxylic acids is 1. The zero-order chi connectivity index (χ0) is 18.7. The fourth-order valence-electron chi connectivity index (χ4n) is 1.59. The van der Waals surface area contributed by atoms with Gasteiger partial charge in [-0.05, 0) is 19.8 Å². The van der Waals surface area contributed by atoms with Gasteiger partial charge in [0.1, 0.15) is 18.7 Å². The molecule has 5 N–H and O–H groups in total. The van der Waals surface area contributed by atoms with E-state index in [2.05, 4.69) is 17.2 Å². The van der Waals surface area contributed by atoms with E-state index in [0.717, 1.165) is 0 Å². The minimum absolute atomic E-state index is 0.00468. The Morgan fingerprint density at radius 3 is 2.42 bits per heavy atom. The molecule has 0 spiro atoms. The fraction of sp³-hybridized carbons (Fsp3) is 0.600. The number of ether oxygens (including phenoxy) is 1. The number of esters is 1. The van der Waals surface area contributed by atoms with Crippen LogP contribution in [0.15, 0.2) is 12.2 Å². The zero-order valence-electron chi connectivity index (χ0n) is 14.0. The summed E-state index contributed by atoms with van der Waals surface area (Å²) in [6.07, 6.45) is 0.248. The van der Waals surface area contributed by atoms with Crippen molar-refractivity contribution in [3.05, 3.63) is 12.2 Å². The number of carboxylic acid groups (broad SMARTS) is 1. The second-order valence-electron chi connectivity index (χ2n) is 5.22. The van der Waals surface area contributed by atoms with Crippen molar-refractivity contribution in [3.63, 3.8) is 0 Å². The van der Waals surface area contributed by atoms with Crippen LogP contribution in [0.1, 0.15) is 33.1 Å². The summed E-state index contributed by atoms with van der Waals surface area (Å²) in [6.45, 7) is 6.76. The summed E-state index contributed by atoms with van der Waals surface area (Å²) >= 11 is 0. The summed E-state index contributed by atoms with van der Waals surface area (Å²) in [5.41, 5.74) is 5.57. The normalized spacial score (nSPS) is 12.6. The van der Waals surface area contributed by atoms with Crippen LogP contribution in [-0.4, -0.2) is 54.1 Å². The topological polar surface area (TPSA) is 148 Å². The predicted octanol–water partition coefficient (Wildman–Crippen LogP) is -0.691. The monoisotopic (exact) mass is 343 g/mol. The molecule has 0 saturated heterocycles. The molecule has 0 unspecified atom stereocenters. The van der Waals surface area contributed by atoms with Crippen molar-refractivity contribution in [1.29, 1.82) is 0 Å². The van der Waals surface area contributed by atoms with Crippen molar-refractivity contribution in [3.8, 4) is 0 Å². The Bertz CT molecular complexity index is 492. The van der Waals surface area contributed by atoms with E-state index in [4.69, 9.17) is 15.6 Å². The van der Waals surface area contributed by atoms with Crippen LogP contribution in [-0.2, 0) is 23.9 Å². The molecular weight excluding hydrogens is 318 g/mol. The van der Waals surface area contributed by atoms with E-state index < -0.39 is 35.8 Å². The van der Waals surface area contributed by atoms with Crippen LogP contribution < -0.4 is 16.4 Å². The zero-order valence-corrected chi connectivity index (χ0v) is 14.0. The lowest BCUT2D eigenvalue weighted by molar-refractivity contribution is -0.139. The van der Waals surface area contributed by atoms with Crippen LogP contribution in [0.4, 0.5) is 0 Å². The maximum atomic E-state index is 11.9. The molecule has 0 aromatic rings. The smallest absolute Gasteiger partial charge is 0.333 e. The highest BCUT2D eigenvalue weighted by atomic mass is 16.5. The van der Waals surface area contributed by atoms with Gasteiger partial charge in [0.15, 0.2) is 0 Å². The van der Waals surface area contributed by atoms with E-state index in [0.29, 0.717) is 6.42 Å². The van der Waals surface area contributed by atoms with Crippen LogP contribution >= 0.6 is 0 Å². The van der Waals surface area contributed by atoms with Crippen molar-refractivity contribution >= 4 is 23.8 Å². The van der Waals surface area contributed by atoms with Gasteiger partial charge < -0.3 is 26.2 Å². The van der Waals surface area contributed by atoms with Crippen LogP contribution in [0, 0.1) is 0 Å². The molecule has 0 fully saturated rings. The second-order valence-corrected chi connectivity index (χ2v) is 5.22. The molecule has 0 aromatic heterocycles. The Morgan fingerprint density at radius 2 is 1.92 bits per heavy atom. The molecule has 24 heavy (non-hydrogen) atoms. The van der Waals surface area contributed by atoms with Crippen LogP contribution in [0.5, 0.6) is 0 Å². The summed E-state index contributed by atoms with van der Waals surface area (Å²) in [4.78, 5) is 45.4. The molecule has 0 rings (SSSR count). The number of amides is 2. The van der Waals surface area contributed by atoms with Crippen molar-refractivity contribution < 1.29 is 29.0 Å². The number of hydrogen-bond acceptors (Lipinski definition) is 6. The highest BCUT2D eigenvalue weighted by molar-refractivity contribution is 5.88. The van der Waals surface area contributed by atoms with Gasteiger partial charge in [-0.2, -0.15) is 0 Å². The third kappa shape index (κ3) is 8.89. The number of carbonyl (C=O) groups excluding carboxylic acids is 3. The molecule has 0 aliphatic heterocycles. The van der Waals surface area contributed by atoms with Gasteiger partial charge in [0, 0.05) is 12.0 Å². The maximum Gasteiger partial charge on any atom is 0.333 e. The molecule has 0 aliphatic carbocycles. The van der Waals surface area contributed by atoms with Crippen LogP contribution in [0.3, 0.4) is 0 Å². The molecule has 2 atom stereocenters. The quantitative estimate of drug-likeness (QED) is 0.220. The molecule has 9 heteroatoms. The number of hydrogen-bond donors (Lipinski definition) is 4. The van der Waals surface area contributed by atoms with E-state index in [1.165, 1.54) is 6.92 Å². The Balaban J connectivity index is 4.16. The Morgan fingerprint density at radius 1 is 1.29 bits per heavy atom. The minimum atomic E-state index is -1.18. The Hall–Kier alpha value is -2.42. The highest BCUT2D eigenvalue weighted by Crippen LogP contribution is 1.98. The molecule has 136 valence electrons. The van der Waals surface area contributed by atoms with Crippen molar-refractivity contribution in [2.24, 2.45) is 5.73 Å². The van der Waals surface area contributed by atoms with E-state index >= 15 is 0 Å². The van der Waals surface area contributed by atoms with Gasteiger partial charge in [-0.3, -0.25) is 14.4 Å². The van der Waals surface area contributed by atoms with Gasteiger partial charge in [0.2, 0.25) is 11.8 Å². The Kier molecular flexibility index (Phi) is 10.0. The number of carboxylic acids is 1. The van der Waals surface area contributed by atoms with Gasteiger partial charge in [-0.25, -0.2) is 4.79 Å². The summed E-state index contributed by atoms with van der Waals surface area (Å²) in [5, 5.41) is 13.7. The highest BCUT2D eigenvalue weighted by Gasteiger charge is 2.20. The first-order valence-corrected chi connectivity index (χ1v) is 7.57. The van der Waals surface area contributed by atoms with E-state index in [-0.39, 0.29) is 31.6 Å². The van der Waals surface area contributed by atoms with Gasteiger partial charge in [0.25, 0.3) is 0 Å². The van der Waals surface area contributed by atoms with Crippen molar-refractivity contribution in [1.82, 2.24) is 10.6 Å². The lowest BCUT2D eigenvalue weighted by atomic mass is 10.1. The van der Waals surface area contributed by atoms with E-state index in [1.54, 1.807) is 6.92 Å². The summed E-state index contributed by atoms with van der Waals surface area (Å²) in [7, 11) is 0. The molecule has 0 saturated carbocycles. The molecule has 2 amide bonds. The lowest BCUT2D eigenvalue weighted by Gasteiger charge is -2.17. The number of nitrogens with two attached hydrogens (primary N) is 1. The number of nitrogens with one attached hydrogen (secondary N) is 2. The first-order chi connectivity index (χ1) is 11.2. The minimum Gasteiger partial charge on any atom is -0.480 e. The molecule has 0 heterocycles. The number of rotatable bonds is 11. The third-order valence-corrected chi connectivity index (χ3v) is 3.04. The lowest BCUT2D eigenvalue weighted by Crippen LogP contribution is -2.47. The average molecular weight is 343 g/mol. The summed E-state index contributed by atoms with van der Waals surface area (Å²) in [6, 6.07) is -1.87. The number of carbonyl (C=O) groups is 4. The van der Waals surface area contributed by atoms with Crippen LogP contribution in [0.2, 0.25) is 0 Å². The van der Waals surface area contributed by atoms with E-state index in [1.807, 2.05) is 0 Å². The second kappa shape index (κ2) is 11.2. The van der Waals surface area contributed by atoms with Crippen molar-refractivity contribution in [2.45, 2.75) is 45.2 Å². The SMILES string of the molecule is C=C(C)C(=O)OCCNC(=O)[C@@H](CC)NC(=O)CC[C@H](N)C(=O)O. The summed E-state index contributed by atoms with van der Waals surface area (Å²) in [5.74, 6) is -2.60. The average Bonchev–Trinajstić information content (AvgIpc) is 2.53. The van der Waals surface area contributed by atoms with Crippen molar-refractivity contribution in [2.75, 3.05) is 13.2 Å². The third-order valence-electron chi connectivity index (χ3n) is 3.04.